The SMILES string of the molecule is Fc1ccc(C(Cl)C=C(Cl)Cl)cc1. The summed E-state index contributed by atoms with van der Waals surface area (Å²) in [5.74, 6) is -0.298. The van der Waals surface area contributed by atoms with Crippen LogP contribution in [0.5, 0.6) is 0 Å². The Morgan fingerprint density at radius 2 is 1.77 bits per heavy atom. The highest BCUT2D eigenvalue weighted by Crippen LogP contribution is 2.25. The zero-order valence-electron chi connectivity index (χ0n) is 6.48. The molecule has 0 aliphatic rings. The Bertz CT molecular complexity index is 301. The van der Waals surface area contributed by atoms with Crippen LogP contribution in [0.4, 0.5) is 4.39 Å². The highest BCUT2D eigenvalue weighted by Gasteiger charge is 2.04. The zero-order chi connectivity index (χ0) is 9.84. The third kappa shape index (κ3) is 3.55. The van der Waals surface area contributed by atoms with E-state index in [2.05, 4.69) is 0 Å². The Morgan fingerprint density at radius 1 is 1.23 bits per heavy atom. The summed E-state index contributed by atoms with van der Waals surface area (Å²) in [4.78, 5) is 0. The smallest absolute Gasteiger partial charge is 0.123 e. The van der Waals surface area contributed by atoms with E-state index in [1.165, 1.54) is 18.2 Å². The highest BCUT2D eigenvalue weighted by molar-refractivity contribution is 6.56. The molecule has 1 unspecified atom stereocenters. The van der Waals surface area contributed by atoms with Gasteiger partial charge >= 0.3 is 0 Å². The van der Waals surface area contributed by atoms with Crippen LogP contribution in [0.25, 0.3) is 0 Å². The van der Waals surface area contributed by atoms with E-state index in [1.54, 1.807) is 12.1 Å². The number of allylic oxidation sites excluding steroid dienone is 1. The van der Waals surface area contributed by atoms with Gasteiger partial charge in [0, 0.05) is 0 Å². The molecule has 0 N–H and O–H groups in total. The van der Waals surface area contributed by atoms with Crippen LogP contribution in [-0.2, 0) is 0 Å². The lowest BCUT2D eigenvalue weighted by Crippen LogP contribution is -1.86. The molecule has 1 atom stereocenters. The molecule has 0 amide bonds. The van der Waals surface area contributed by atoms with Gasteiger partial charge in [0.1, 0.15) is 10.3 Å². The van der Waals surface area contributed by atoms with E-state index in [4.69, 9.17) is 34.8 Å². The van der Waals surface area contributed by atoms with E-state index in [0.29, 0.717) is 0 Å². The summed E-state index contributed by atoms with van der Waals surface area (Å²) >= 11 is 16.7. The van der Waals surface area contributed by atoms with Crippen molar-refractivity contribution in [1.82, 2.24) is 0 Å². The number of halogens is 4. The minimum absolute atomic E-state index is 0.101. The Kier molecular flexibility index (Phi) is 4.04. The van der Waals surface area contributed by atoms with Gasteiger partial charge in [0.2, 0.25) is 0 Å². The van der Waals surface area contributed by atoms with Crippen molar-refractivity contribution in [2.24, 2.45) is 0 Å². The van der Waals surface area contributed by atoms with Crippen molar-refractivity contribution < 1.29 is 4.39 Å². The van der Waals surface area contributed by atoms with Crippen molar-refractivity contribution in [2.75, 3.05) is 0 Å². The van der Waals surface area contributed by atoms with Gasteiger partial charge in [0.25, 0.3) is 0 Å². The van der Waals surface area contributed by atoms with Gasteiger partial charge in [-0.1, -0.05) is 35.3 Å². The second-order valence-electron chi connectivity index (χ2n) is 2.41. The van der Waals surface area contributed by atoms with Gasteiger partial charge in [-0.05, 0) is 23.8 Å². The normalized spacial score (nSPS) is 12.3. The average Bonchev–Trinajstić information content (AvgIpc) is 2.04. The van der Waals surface area contributed by atoms with Crippen LogP contribution in [0.3, 0.4) is 0 Å². The van der Waals surface area contributed by atoms with Gasteiger partial charge < -0.3 is 0 Å². The lowest BCUT2D eigenvalue weighted by molar-refractivity contribution is 0.627. The molecule has 4 heteroatoms. The molecule has 0 heterocycles. The molecule has 13 heavy (non-hydrogen) atoms. The van der Waals surface area contributed by atoms with Gasteiger partial charge in [0.05, 0.1) is 5.38 Å². The number of hydrogen-bond donors (Lipinski definition) is 0. The van der Waals surface area contributed by atoms with Gasteiger partial charge in [-0.3, -0.25) is 0 Å². The van der Waals surface area contributed by atoms with Crippen LogP contribution in [0.15, 0.2) is 34.8 Å². The predicted octanol–water partition coefficient (Wildman–Crippen LogP) is 4.42. The molecular formula is C9H6Cl3F. The monoisotopic (exact) mass is 238 g/mol. The van der Waals surface area contributed by atoms with E-state index in [9.17, 15) is 4.39 Å². The van der Waals surface area contributed by atoms with Crippen molar-refractivity contribution in [1.29, 1.82) is 0 Å². The van der Waals surface area contributed by atoms with Crippen molar-refractivity contribution in [3.05, 3.63) is 46.2 Å². The zero-order valence-corrected chi connectivity index (χ0v) is 8.74. The Morgan fingerprint density at radius 3 is 2.23 bits per heavy atom. The second kappa shape index (κ2) is 4.85. The molecule has 0 radical (unpaired) electrons. The van der Waals surface area contributed by atoms with Crippen molar-refractivity contribution in [2.45, 2.75) is 5.38 Å². The largest absolute Gasteiger partial charge is 0.207 e. The number of alkyl halides is 1. The fraction of sp³-hybridized carbons (Fsp3) is 0.111. The van der Waals surface area contributed by atoms with Crippen LogP contribution < -0.4 is 0 Å². The van der Waals surface area contributed by atoms with Crippen molar-refractivity contribution in [3.63, 3.8) is 0 Å². The first-order valence-corrected chi connectivity index (χ1v) is 4.71. The fourth-order valence-corrected chi connectivity index (χ4v) is 1.51. The topological polar surface area (TPSA) is 0 Å². The van der Waals surface area contributed by atoms with Crippen LogP contribution in [0.2, 0.25) is 0 Å². The average molecular weight is 240 g/mol. The molecule has 0 saturated heterocycles. The molecule has 0 aromatic heterocycles. The lowest BCUT2D eigenvalue weighted by Gasteiger charge is -2.03. The van der Waals surface area contributed by atoms with Gasteiger partial charge in [0.15, 0.2) is 0 Å². The number of rotatable bonds is 2. The molecular weight excluding hydrogens is 233 g/mol. The Balaban J connectivity index is 2.83. The van der Waals surface area contributed by atoms with Crippen LogP contribution in [0, 0.1) is 5.82 Å². The number of hydrogen-bond acceptors (Lipinski definition) is 0. The van der Waals surface area contributed by atoms with Crippen LogP contribution >= 0.6 is 34.8 Å². The summed E-state index contributed by atoms with van der Waals surface area (Å²) in [6, 6.07) is 5.84. The first-order valence-electron chi connectivity index (χ1n) is 3.52. The van der Waals surface area contributed by atoms with Crippen LogP contribution in [-0.4, -0.2) is 0 Å². The Labute approximate surface area is 90.9 Å². The first-order chi connectivity index (χ1) is 6.09. The summed E-state index contributed by atoms with van der Waals surface area (Å²) in [5.41, 5.74) is 0.752. The van der Waals surface area contributed by atoms with Gasteiger partial charge in [-0.15, -0.1) is 11.6 Å². The van der Waals surface area contributed by atoms with E-state index in [0.717, 1.165) is 5.56 Å². The first kappa shape index (κ1) is 10.8. The predicted molar refractivity (Wildman–Crippen MR) is 54.8 cm³/mol. The standard InChI is InChI=1S/C9H6Cl3F/c10-8(5-9(11)12)6-1-3-7(13)4-2-6/h1-5,8H. The third-order valence-corrected chi connectivity index (χ3v) is 2.09. The molecule has 0 nitrogen and oxygen atoms in total. The molecule has 1 rings (SSSR count). The molecule has 0 bridgehead atoms. The van der Waals surface area contributed by atoms with Crippen LogP contribution in [0.1, 0.15) is 10.9 Å². The highest BCUT2D eigenvalue weighted by atomic mass is 35.5. The maximum Gasteiger partial charge on any atom is 0.123 e. The van der Waals surface area contributed by atoms with E-state index in [-0.39, 0.29) is 10.3 Å². The third-order valence-electron chi connectivity index (χ3n) is 1.46. The summed E-state index contributed by atoms with van der Waals surface area (Å²) in [6.07, 6.45) is 1.47. The van der Waals surface area contributed by atoms with E-state index in [1.807, 2.05) is 0 Å². The van der Waals surface area contributed by atoms with E-state index >= 15 is 0 Å². The number of benzene rings is 1. The molecule has 1 aromatic rings. The summed E-state index contributed by atoms with van der Waals surface area (Å²) in [5, 5.41) is -0.425. The summed E-state index contributed by atoms with van der Waals surface area (Å²) in [7, 11) is 0. The second-order valence-corrected chi connectivity index (χ2v) is 3.89. The lowest BCUT2D eigenvalue weighted by atomic mass is 10.1. The molecule has 70 valence electrons. The maximum atomic E-state index is 12.5. The van der Waals surface area contributed by atoms with Gasteiger partial charge in [-0.25, -0.2) is 4.39 Å². The minimum Gasteiger partial charge on any atom is -0.207 e. The molecule has 0 saturated carbocycles. The quantitative estimate of drug-likeness (QED) is 0.670. The molecule has 0 aliphatic heterocycles. The molecule has 1 aromatic carbocycles. The van der Waals surface area contributed by atoms with Crippen molar-refractivity contribution >= 4 is 34.8 Å². The summed E-state index contributed by atoms with van der Waals surface area (Å²) < 4.78 is 12.6. The van der Waals surface area contributed by atoms with E-state index < -0.39 is 5.38 Å². The maximum absolute atomic E-state index is 12.5. The fourth-order valence-electron chi connectivity index (χ4n) is 0.853. The molecule has 0 aliphatic carbocycles. The molecule has 0 fully saturated rings. The minimum atomic E-state index is -0.425. The van der Waals surface area contributed by atoms with Crippen molar-refractivity contribution in [3.8, 4) is 0 Å². The van der Waals surface area contributed by atoms with Gasteiger partial charge in [-0.2, -0.15) is 0 Å². The molecule has 0 spiro atoms. The Hall–Kier alpha value is -0.240. The summed E-state index contributed by atoms with van der Waals surface area (Å²) in [6.45, 7) is 0.